The maximum absolute atomic E-state index is 12.2. The Morgan fingerprint density at radius 3 is 2.47 bits per heavy atom. The molecule has 1 aliphatic rings. The molecule has 2 amide bonds. The monoisotopic (exact) mass is 415 g/mol. The van der Waals surface area contributed by atoms with Gasteiger partial charge in [-0.05, 0) is 69.5 Å². The smallest absolute Gasteiger partial charge is 0.315 e. The predicted octanol–water partition coefficient (Wildman–Crippen LogP) is 3.63. The Morgan fingerprint density at radius 1 is 1.10 bits per heavy atom. The van der Waals surface area contributed by atoms with Gasteiger partial charge < -0.3 is 24.5 Å². The Hall–Kier alpha value is -2.67. The van der Waals surface area contributed by atoms with Gasteiger partial charge >= 0.3 is 6.03 Å². The molecule has 30 heavy (non-hydrogen) atoms. The Morgan fingerprint density at radius 2 is 1.83 bits per heavy atom. The van der Waals surface area contributed by atoms with Crippen LogP contribution in [0.4, 0.5) is 4.79 Å². The van der Waals surface area contributed by atoms with E-state index in [-0.39, 0.29) is 6.03 Å². The average Bonchev–Trinajstić information content (AvgIpc) is 3.07. The Kier molecular flexibility index (Phi) is 7.63. The molecule has 0 radical (unpaired) electrons. The van der Waals surface area contributed by atoms with E-state index in [1.807, 2.05) is 32.0 Å². The van der Waals surface area contributed by atoms with Crippen molar-refractivity contribution in [2.24, 2.45) is 5.92 Å². The molecule has 0 bridgehead atoms. The second-order valence-corrected chi connectivity index (χ2v) is 7.91. The Balaban J connectivity index is 1.36. The first-order valence-electron chi connectivity index (χ1n) is 10.5. The largest absolute Gasteiger partial charge is 0.493 e. The third kappa shape index (κ3) is 5.92. The van der Waals surface area contributed by atoms with Crippen LogP contribution in [0.25, 0.3) is 0 Å². The molecule has 1 fully saturated rings. The van der Waals surface area contributed by atoms with Gasteiger partial charge in [-0.3, -0.25) is 4.90 Å². The van der Waals surface area contributed by atoms with Gasteiger partial charge in [-0.15, -0.1) is 0 Å². The van der Waals surface area contributed by atoms with Gasteiger partial charge in [-0.2, -0.15) is 0 Å². The average molecular weight is 416 g/mol. The highest BCUT2D eigenvalue weighted by atomic mass is 16.5. The maximum Gasteiger partial charge on any atom is 0.315 e. The number of nitrogens with zero attached hydrogens (tertiary/aromatic N) is 1. The SMILES string of the molecule is COc1ccc(CNC(=O)NCC2CCN(Cc3cc(C)oc3C)CC2)cc1OC. The second kappa shape index (κ2) is 10.4. The summed E-state index contributed by atoms with van der Waals surface area (Å²) >= 11 is 0. The van der Waals surface area contributed by atoms with Crippen molar-refractivity contribution in [1.82, 2.24) is 15.5 Å². The maximum atomic E-state index is 12.2. The summed E-state index contributed by atoms with van der Waals surface area (Å²) in [6, 6.07) is 7.62. The predicted molar refractivity (Wildman–Crippen MR) is 116 cm³/mol. The lowest BCUT2D eigenvalue weighted by atomic mass is 9.96. The molecule has 7 nitrogen and oxygen atoms in total. The van der Waals surface area contributed by atoms with Crippen LogP contribution in [0.5, 0.6) is 11.5 Å². The summed E-state index contributed by atoms with van der Waals surface area (Å²) in [6.45, 7) is 8.19. The van der Waals surface area contributed by atoms with E-state index in [0.29, 0.717) is 30.5 Å². The zero-order chi connectivity index (χ0) is 21.5. The van der Waals surface area contributed by atoms with Crippen molar-refractivity contribution in [2.75, 3.05) is 33.9 Å². The number of nitrogens with one attached hydrogen (secondary N) is 2. The summed E-state index contributed by atoms with van der Waals surface area (Å²) in [5, 5.41) is 5.92. The minimum absolute atomic E-state index is 0.142. The van der Waals surface area contributed by atoms with E-state index in [1.54, 1.807) is 14.2 Å². The minimum atomic E-state index is -0.142. The van der Waals surface area contributed by atoms with Crippen molar-refractivity contribution in [3.8, 4) is 11.5 Å². The molecule has 1 aliphatic heterocycles. The third-order valence-corrected chi connectivity index (χ3v) is 5.70. The number of hydrogen-bond acceptors (Lipinski definition) is 5. The van der Waals surface area contributed by atoms with Crippen molar-refractivity contribution in [3.63, 3.8) is 0 Å². The number of carbonyl (C=O) groups excluding carboxylic acids is 1. The molecule has 164 valence electrons. The molecular formula is C23H33N3O4. The third-order valence-electron chi connectivity index (χ3n) is 5.70. The van der Waals surface area contributed by atoms with Crippen LogP contribution in [0.2, 0.25) is 0 Å². The summed E-state index contributed by atoms with van der Waals surface area (Å²) in [4.78, 5) is 14.6. The number of carbonyl (C=O) groups is 1. The van der Waals surface area contributed by atoms with Gasteiger partial charge in [0, 0.05) is 25.2 Å². The number of likely N-dealkylation sites (tertiary alicyclic amines) is 1. The summed E-state index contributed by atoms with van der Waals surface area (Å²) in [7, 11) is 3.21. The molecule has 0 atom stereocenters. The van der Waals surface area contributed by atoms with E-state index in [4.69, 9.17) is 13.9 Å². The van der Waals surface area contributed by atoms with Crippen LogP contribution in [0.3, 0.4) is 0 Å². The zero-order valence-electron chi connectivity index (χ0n) is 18.4. The molecule has 2 N–H and O–H groups in total. The molecule has 2 aromatic rings. The van der Waals surface area contributed by atoms with Crippen LogP contribution in [0.1, 0.15) is 35.5 Å². The van der Waals surface area contributed by atoms with Gasteiger partial charge in [-0.25, -0.2) is 4.79 Å². The molecule has 2 heterocycles. The number of amides is 2. The van der Waals surface area contributed by atoms with E-state index in [9.17, 15) is 4.79 Å². The lowest BCUT2D eigenvalue weighted by Gasteiger charge is -2.31. The van der Waals surface area contributed by atoms with Crippen LogP contribution in [-0.2, 0) is 13.1 Å². The number of rotatable bonds is 8. The molecule has 0 unspecified atom stereocenters. The molecule has 0 spiro atoms. The topological polar surface area (TPSA) is 76.0 Å². The first-order chi connectivity index (χ1) is 14.5. The number of urea groups is 1. The molecule has 1 saturated heterocycles. The second-order valence-electron chi connectivity index (χ2n) is 7.91. The lowest BCUT2D eigenvalue weighted by molar-refractivity contribution is 0.174. The molecule has 7 heteroatoms. The normalized spacial score (nSPS) is 15.1. The highest BCUT2D eigenvalue weighted by Crippen LogP contribution is 2.27. The van der Waals surface area contributed by atoms with Gasteiger partial charge in [0.15, 0.2) is 11.5 Å². The quantitative estimate of drug-likeness (QED) is 0.689. The van der Waals surface area contributed by atoms with Gasteiger partial charge in [0.2, 0.25) is 0 Å². The molecule has 1 aromatic carbocycles. The number of hydrogen-bond donors (Lipinski definition) is 2. The van der Waals surface area contributed by atoms with Crippen molar-refractivity contribution in [2.45, 2.75) is 39.8 Å². The number of ether oxygens (including phenoxy) is 2. The number of methoxy groups -OCH3 is 2. The number of furan rings is 1. The number of benzene rings is 1. The van der Waals surface area contributed by atoms with Crippen LogP contribution in [0.15, 0.2) is 28.7 Å². The summed E-state index contributed by atoms with van der Waals surface area (Å²) in [5.74, 6) is 3.84. The Labute approximate surface area is 178 Å². The molecule has 0 saturated carbocycles. The summed E-state index contributed by atoms with van der Waals surface area (Å²) in [5.41, 5.74) is 2.24. The van der Waals surface area contributed by atoms with Crippen LogP contribution in [-0.4, -0.2) is 44.8 Å². The number of aryl methyl sites for hydroxylation is 2. The van der Waals surface area contributed by atoms with E-state index >= 15 is 0 Å². The number of piperidine rings is 1. The fraction of sp³-hybridized carbons (Fsp3) is 0.522. The summed E-state index contributed by atoms with van der Waals surface area (Å²) in [6.07, 6.45) is 2.18. The first-order valence-corrected chi connectivity index (χ1v) is 10.5. The van der Waals surface area contributed by atoms with Gasteiger partial charge in [-0.1, -0.05) is 6.07 Å². The van der Waals surface area contributed by atoms with Gasteiger partial charge in [0.25, 0.3) is 0 Å². The molecular weight excluding hydrogens is 382 g/mol. The highest BCUT2D eigenvalue weighted by Gasteiger charge is 2.21. The van der Waals surface area contributed by atoms with E-state index in [0.717, 1.165) is 49.6 Å². The van der Waals surface area contributed by atoms with E-state index in [1.165, 1.54) is 5.56 Å². The van der Waals surface area contributed by atoms with E-state index < -0.39 is 0 Å². The van der Waals surface area contributed by atoms with Crippen molar-refractivity contribution < 1.29 is 18.7 Å². The molecule has 3 rings (SSSR count). The first kappa shape index (κ1) is 22.0. The van der Waals surface area contributed by atoms with Crippen LogP contribution in [0, 0.1) is 19.8 Å². The standard InChI is InChI=1S/C23H33N3O4/c1-16-11-20(17(2)30-16)15-26-9-7-18(8-10-26)13-24-23(27)25-14-19-5-6-21(28-3)22(12-19)29-4/h5-6,11-12,18H,7-10,13-15H2,1-4H3,(H2,24,25,27). The van der Waals surface area contributed by atoms with Crippen LogP contribution >= 0.6 is 0 Å². The summed E-state index contributed by atoms with van der Waals surface area (Å²) < 4.78 is 16.2. The fourth-order valence-electron chi connectivity index (χ4n) is 3.90. The fourth-order valence-corrected chi connectivity index (χ4v) is 3.90. The van der Waals surface area contributed by atoms with Crippen molar-refractivity contribution >= 4 is 6.03 Å². The van der Waals surface area contributed by atoms with Crippen molar-refractivity contribution in [3.05, 3.63) is 46.9 Å². The highest BCUT2D eigenvalue weighted by molar-refractivity contribution is 5.73. The Bertz CT molecular complexity index is 841. The molecule has 1 aromatic heterocycles. The van der Waals surface area contributed by atoms with Crippen LogP contribution < -0.4 is 20.1 Å². The van der Waals surface area contributed by atoms with E-state index in [2.05, 4.69) is 21.6 Å². The lowest BCUT2D eigenvalue weighted by Crippen LogP contribution is -2.41. The van der Waals surface area contributed by atoms with Gasteiger partial charge in [0.1, 0.15) is 11.5 Å². The molecule has 0 aliphatic carbocycles. The minimum Gasteiger partial charge on any atom is -0.493 e. The van der Waals surface area contributed by atoms with Crippen molar-refractivity contribution in [1.29, 1.82) is 0 Å². The zero-order valence-corrected chi connectivity index (χ0v) is 18.4. The van der Waals surface area contributed by atoms with Gasteiger partial charge in [0.05, 0.1) is 14.2 Å².